The van der Waals surface area contributed by atoms with E-state index in [-0.39, 0.29) is 11.8 Å². The maximum Gasteiger partial charge on any atom is 0.244 e. The molecule has 0 heterocycles. The quantitative estimate of drug-likeness (QED) is 0.690. The number of rotatable bonds is 6. The van der Waals surface area contributed by atoms with Gasteiger partial charge in [-0.15, -0.1) is 0 Å². The third-order valence-corrected chi connectivity index (χ3v) is 2.52. The Morgan fingerprint density at radius 2 is 1.95 bits per heavy atom. The fraction of sp³-hybridized carbons (Fsp3) is 0.333. The van der Waals surface area contributed by atoms with Gasteiger partial charge in [0.05, 0.1) is 6.10 Å². The average Bonchev–Trinajstić information content (AvgIpc) is 2.37. The van der Waals surface area contributed by atoms with Gasteiger partial charge in [0.25, 0.3) is 0 Å². The number of carbonyl (C=O) groups is 2. The zero-order valence-corrected chi connectivity index (χ0v) is 11.7. The molecule has 1 unspecified atom stereocenters. The van der Waals surface area contributed by atoms with Gasteiger partial charge in [0.1, 0.15) is 0 Å². The van der Waals surface area contributed by atoms with Crippen LogP contribution in [-0.4, -0.2) is 29.6 Å². The summed E-state index contributed by atoms with van der Waals surface area (Å²) < 4.78 is 0. The van der Waals surface area contributed by atoms with Crippen LogP contribution in [0.25, 0.3) is 6.08 Å². The van der Waals surface area contributed by atoms with Crippen molar-refractivity contribution in [3.63, 3.8) is 0 Å². The fourth-order valence-corrected chi connectivity index (χ4v) is 1.52. The summed E-state index contributed by atoms with van der Waals surface area (Å²) in [6.07, 6.45) is 3.25. The normalized spacial score (nSPS) is 12.2. The summed E-state index contributed by atoms with van der Waals surface area (Å²) in [4.78, 5) is 22.3. The summed E-state index contributed by atoms with van der Waals surface area (Å²) in [6.45, 7) is 3.58. The lowest BCUT2D eigenvalue weighted by Crippen LogP contribution is -2.24. The van der Waals surface area contributed by atoms with Crippen LogP contribution in [0.2, 0.25) is 0 Å². The fourth-order valence-electron chi connectivity index (χ4n) is 1.52. The minimum absolute atomic E-state index is 0.120. The lowest BCUT2D eigenvalue weighted by molar-refractivity contribution is -0.116. The molecule has 1 atom stereocenters. The third-order valence-electron chi connectivity index (χ3n) is 2.52. The highest BCUT2D eigenvalue weighted by Gasteiger charge is 1.98. The van der Waals surface area contributed by atoms with Gasteiger partial charge in [-0.05, 0) is 37.1 Å². The number of amides is 2. The first-order valence-corrected chi connectivity index (χ1v) is 6.49. The summed E-state index contributed by atoms with van der Waals surface area (Å²) in [5.41, 5.74) is 1.58. The Kier molecular flexibility index (Phi) is 6.46. The molecule has 5 nitrogen and oxygen atoms in total. The maximum absolute atomic E-state index is 11.5. The molecule has 1 aromatic carbocycles. The predicted octanol–water partition coefficient (Wildman–Crippen LogP) is 1.55. The first kappa shape index (κ1) is 15.9. The average molecular weight is 276 g/mol. The predicted molar refractivity (Wildman–Crippen MR) is 79.1 cm³/mol. The number of nitrogens with one attached hydrogen (secondary N) is 2. The summed E-state index contributed by atoms with van der Waals surface area (Å²) in [6, 6.07) is 7.16. The SMILES string of the molecule is CC(=O)Nc1ccc(C=CC(=O)NCCC(C)O)cc1. The molecule has 5 heteroatoms. The summed E-state index contributed by atoms with van der Waals surface area (Å²) in [7, 11) is 0. The number of anilines is 1. The van der Waals surface area contributed by atoms with Crippen molar-refractivity contribution in [1.82, 2.24) is 5.32 Å². The Morgan fingerprint density at radius 3 is 2.50 bits per heavy atom. The third kappa shape index (κ3) is 6.70. The molecule has 0 aliphatic carbocycles. The summed E-state index contributed by atoms with van der Waals surface area (Å²) >= 11 is 0. The standard InChI is InChI=1S/C15H20N2O3/c1-11(18)9-10-16-15(20)8-5-13-3-6-14(7-4-13)17-12(2)19/h3-8,11,18H,9-10H2,1-2H3,(H,16,20)(H,17,19). The summed E-state index contributed by atoms with van der Waals surface area (Å²) in [5, 5.41) is 14.4. The van der Waals surface area contributed by atoms with Crippen LogP contribution in [0.1, 0.15) is 25.8 Å². The minimum atomic E-state index is -0.416. The van der Waals surface area contributed by atoms with Gasteiger partial charge >= 0.3 is 0 Å². The smallest absolute Gasteiger partial charge is 0.244 e. The van der Waals surface area contributed by atoms with Gasteiger partial charge in [0.2, 0.25) is 11.8 Å². The molecule has 0 radical (unpaired) electrons. The molecule has 2 amide bonds. The molecular weight excluding hydrogens is 256 g/mol. The zero-order valence-electron chi connectivity index (χ0n) is 11.7. The second kappa shape index (κ2) is 8.12. The minimum Gasteiger partial charge on any atom is -0.393 e. The molecule has 3 N–H and O–H groups in total. The molecule has 0 spiro atoms. The van der Waals surface area contributed by atoms with Crippen molar-refractivity contribution in [2.75, 3.05) is 11.9 Å². The van der Waals surface area contributed by atoms with E-state index >= 15 is 0 Å². The Labute approximate surface area is 118 Å². The van der Waals surface area contributed by atoms with Crippen LogP contribution in [0.5, 0.6) is 0 Å². The van der Waals surface area contributed by atoms with E-state index in [1.165, 1.54) is 13.0 Å². The van der Waals surface area contributed by atoms with E-state index in [0.29, 0.717) is 13.0 Å². The molecule has 1 rings (SSSR count). The first-order valence-electron chi connectivity index (χ1n) is 6.49. The van der Waals surface area contributed by atoms with Crippen LogP contribution >= 0.6 is 0 Å². The topological polar surface area (TPSA) is 78.4 Å². The van der Waals surface area contributed by atoms with Gasteiger partial charge in [0.15, 0.2) is 0 Å². The monoisotopic (exact) mass is 276 g/mol. The van der Waals surface area contributed by atoms with Crippen molar-refractivity contribution in [3.8, 4) is 0 Å². The van der Waals surface area contributed by atoms with Gasteiger partial charge in [-0.25, -0.2) is 0 Å². The van der Waals surface area contributed by atoms with Crippen molar-refractivity contribution in [2.45, 2.75) is 26.4 Å². The molecule has 0 saturated carbocycles. The number of aliphatic hydroxyl groups is 1. The van der Waals surface area contributed by atoms with E-state index in [2.05, 4.69) is 10.6 Å². The molecule has 0 aromatic heterocycles. The second-order valence-electron chi connectivity index (χ2n) is 4.57. The molecule has 0 fully saturated rings. The number of hydrogen-bond acceptors (Lipinski definition) is 3. The molecule has 0 saturated heterocycles. The van der Waals surface area contributed by atoms with Gasteiger partial charge in [0, 0.05) is 25.2 Å². The van der Waals surface area contributed by atoms with E-state index in [0.717, 1.165) is 11.3 Å². The zero-order chi connectivity index (χ0) is 15.0. The van der Waals surface area contributed by atoms with Crippen molar-refractivity contribution in [1.29, 1.82) is 0 Å². The lowest BCUT2D eigenvalue weighted by Gasteiger charge is -2.04. The maximum atomic E-state index is 11.5. The number of carbonyl (C=O) groups excluding carboxylic acids is 2. The highest BCUT2D eigenvalue weighted by molar-refractivity contribution is 5.92. The molecule has 20 heavy (non-hydrogen) atoms. The van der Waals surface area contributed by atoms with E-state index < -0.39 is 6.10 Å². The summed E-state index contributed by atoms with van der Waals surface area (Å²) in [5.74, 6) is -0.317. The first-order chi connectivity index (χ1) is 9.47. The Balaban J connectivity index is 2.45. The Morgan fingerprint density at radius 1 is 1.30 bits per heavy atom. The molecular formula is C15H20N2O3. The second-order valence-corrected chi connectivity index (χ2v) is 4.57. The highest BCUT2D eigenvalue weighted by Crippen LogP contribution is 2.10. The largest absolute Gasteiger partial charge is 0.393 e. The number of aliphatic hydroxyl groups excluding tert-OH is 1. The molecule has 0 aliphatic rings. The lowest BCUT2D eigenvalue weighted by atomic mass is 10.2. The van der Waals surface area contributed by atoms with Crippen molar-refractivity contribution < 1.29 is 14.7 Å². The van der Waals surface area contributed by atoms with Crippen molar-refractivity contribution >= 4 is 23.6 Å². The number of benzene rings is 1. The van der Waals surface area contributed by atoms with Crippen LogP contribution < -0.4 is 10.6 Å². The molecule has 0 aliphatic heterocycles. The van der Waals surface area contributed by atoms with Gasteiger partial charge in [-0.1, -0.05) is 12.1 Å². The van der Waals surface area contributed by atoms with E-state index in [9.17, 15) is 9.59 Å². The van der Waals surface area contributed by atoms with Crippen LogP contribution in [0.4, 0.5) is 5.69 Å². The van der Waals surface area contributed by atoms with Gasteiger partial charge < -0.3 is 15.7 Å². The van der Waals surface area contributed by atoms with Crippen LogP contribution in [-0.2, 0) is 9.59 Å². The van der Waals surface area contributed by atoms with E-state index in [4.69, 9.17) is 5.11 Å². The van der Waals surface area contributed by atoms with Gasteiger partial charge in [-0.2, -0.15) is 0 Å². The molecule has 108 valence electrons. The molecule has 1 aromatic rings. The molecule has 0 bridgehead atoms. The van der Waals surface area contributed by atoms with Crippen molar-refractivity contribution in [2.24, 2.45) is 0 Å². The van der Waals surface area contributed by atoms with E-state index in [1.54, 1.807) is 25.1 Å². The van der Waals surface area contributed by atoms with Crippen LogP contribution in [0.15, 0.2) is 30.3 Å². The van der Waals surface area contributed by atoms with Crippen LogP contribution in [0.3, 0.4) is 0 Å². The van der Waals surface area contributed by atoms with E-state index in [1.807, 2.05) is 12.1 Å². The highest BCUT2D eigenvalue weighted by atomic mass is 16.3. The Bertz CT molecular complexity index is 478. The Hall–Kier alpha value is -2.14. The number of hydrogen-bond donors (Lipinski definition) is 3. The van der Waals surface area contributed by atoms with Crippen molar-refractivity contribution in [3.05, 3.63) is 35.9 Å². The van der Waals surface area contributed by atoms with Gasteiger partial charge in [-0.3, -0.25) is 9.59 Å². The van der Waals surface area contributed by atoms with Crippen LogP contribution in [0, 0.1) is 0 Å².